The van der Waals surface area contributed by atoms with Gasteiger partial charge in [-0.1, -0.05) is 30.3 Å². The molecular weight excluding hydrogens is 240 g/mol. The molecule has 1 heterocycles. The summed E-state index contributed by atoms with van der Waals surface area (Å²) in [7, 11) is 1.70. The van der Waals surface area contributed by atoms with Crippen molar-refractivity contribution in [3.05, 3.63) is 35.9 Å². The Morgan fingerprint density at radius 3 is 2.68 bits per heavy atom. The van der Waals surface area contributed by atoms with Crippen molar-refractivity contribution in [2.24, 2.45) is 0 Å². The number of rotatable bonds is 5. The first kappa shape index (κ1) is 14.5. The van der Waals surface area contributed by atoms with Crippen molar-refractivity contribution in [1.82, 2.24) is 10.2 Å². The molecule has 1 aliphatic heterocycles. The van der Waals surface area contributed by atoms with Crippen molar-refractivity contribution in [2.45, 2.75) is 44.8 Å². The van der Waals surface area contributed by atoms with Gasteiger partial charge in [-0.25, -0.2) is 0 Å². The van der Waals surface area contributed by atoms with Crippen molar-refractivity contribution in [2.75, 3.05) is 13.7 Å². The van der Waals surface area contributed by atoms with Crippen LogP contribution in [-0.4, -0.2) is 41.7 Å². The lowest BCUT2D eigenvalue weighted by atomic mass is 10.2. The molecule has 1 aromatic carbocycles. The Hall–Kier alpha value is -0.940. The number of nitrogens with one attached hydrogen (secondary N) is 1. The Morgan fingerprint density at radius 2 is 2.11 bits per heavy atom. The summed E-state index contributed by atoms with van der Waals surface area (Å²) in [6.07, 6.45) is 0.671. The first-order valence-corrected chi connectivity index (χ1v) is 6.86. The third kappa shape index (κ3) is 3.34. The molecule has 2 N–H and O–H groups in total. The minimum atomic E-state index is -0.981. The molecule has 2 rings (SSSR count). The highest BCUT2D eigenvalue weighted by molar-refractivity contribution is 5.14. The largest absolute Gasteiger partial charge is 0.380 e. The third-order valence-electron chi connectivity index (χ3n) is 3.76. The predicted octanol–water partition coefficient (Wildman–Crippen LogP) is 1.55. The molecule has 0 bridgehead atoms. The second-order valence-electron chi connectivity index (χ2n) is 5.46. The molecule has 0 aliphatic carbocycles. The van der Waals surface area contributed by atoms with Crippen LogP contribution in [0.1, 0.15) is 25.8 Å². The summed E-state index contributed by atoms with van der Waals surface area (Å²) in [6.45, 7) is 5.59. The van der Waals surface area contributed by atoms with Crippen molar-refractivity contribution >= 4 is 0 Å². The zero-order chi connectivity index (χ0) is 13.9. The minimum absolute atomic E-state index is 0.0793. The van der Waals surface area contributed by atoms with Crippen LogP contribution in [0, 0.1) is 0 Å². The van der Waals surface area contributed by atoms with Gasteiger partial charge in [-0.05, 0) is 19.4 Å². The van der Waals surface area contributed by atoms with Crippen LogP contribution in [0.3, 0.4) is 0 Å². The fraction of sp³-hybridized carbons (Fsp3) is 0.600. The van der Waals surface area contributed by atoms with E-state index in [9.17, 15) is 5.11 Å². The topological polar surface area (TPSA) is 44.7 Å². The Morgan fingerprint density at radius 1 is 1.42 bits per heavy atom. The highest BCUT2D eigenvalue weighted by atomic mass is 16.5. The summed E-state index contributed by atoms with van der Waals surface area (Å²) in [5.41, 5.74) is 1.17. The first-order chi connectivity index (χ1) is 9.05. The summed E-state index contributed by atoms with van der Waals surface area (Å²) in [5, 5.41) is 14.1. The van der Waals surface area contributed by atoms with Gasteiger partial charge in [0.25, 0.3) is 0 Å². The zero-order valence-corrected chi connectivity index (χ0v) is 12.0. The molecule has 1 aromatic rings. The minimum Gasteiger partial charge on any atom is -0.380 e. The van der Waals surface area contributed by atoms with Crippen LogP contribution < -0.4 is 5.32 Å². The monoisotopic (exact) mass is 264 g/mol. The van der Waals surface area contributed by atoms with Gasteiger partial charge in [0.2, 0.25) is 0 Å². The number of aliphatic hydroxyl groups is 1. The van der Waals surface area contributed by atoms with Gasteiger partial charge in [-0.15, -0.1) is 0 Å². The number of benzene rings is 1. The van der Waals surface area contributed by atoms with Crippen LogP contribution >= 0.6 is 0 Å². The molecule has 0 saturated carbocycles. The lowest BCUT2D eigenvalue weighted by molar-refractivity contribution is -0.123. The number of hydrogen-bond donors (Lipinski definition) is 2. The highest BCUT2D eigenvalue weighted by Gasteiger charge is 2.45. The maximum Gasteiger partial charge on any atom is 0.177 e. The van der Waals surface area contributed by atoms with Crippen molar-refractivity contribution in [3.8, 4) is 0 Å². The summed E-state index contributed by atoms with van der Waals surface area (Å²) >= 11 is 0. The van der Waals surface area contributed by atoms with Crippen LogP contribution in [0.5, 0.6) is 0 Å². The SMILES string of the molecule is COC1CN(C(C)C)C(O)(NCc2ccccc2)C1. The van der Waals surface area contributed by atoms with Gasteiger partial charge < -0.3 is 9.84 Å². The molecule has 1 fully saturated rings. The molecule has 0 radical (unpaired) electrons. The molecule has 4 nitrogen and oxygen atoms in total. The smallest absolute Gasteiger partial charge is 0.177 e. The van der Waals surface area contributed by atoms with Crippen LogP contribution in [0.2, 0.25) is 0 Å². The van der Waals surface area contributed by atoms with Gasteiger partial charge in [-0.2, -0.15) is 0 Å². The van der Waals surface area contributed by atoms with E-state index in [4.69, 9.17) is 4.74 Å². The van der Waals surface area contributed by atoms with Crippen LogP contribution in [0.15, 0.2) is 30.3 Å². The van der Waals surface area contributed by atoms with Gasteiger partial charge in [0, 0.05) is 32.7 Å². The Kier molecular flexibility index (Phi) is 4.58. The maximum absolute atomic E-state index is 10.8. The van der Waals surface area contributed by atoms with Crippen molar-refractivity contribution in [3.63, 3.8) is 0 Å². The maximum atomic E-state index is 10.8. The number of methoxy groups -OCH3 is 1. The van der Waals surface area contributed by atoms with E-state index in [1.807, 2.05) is 18.2 Å². The van der Waals surface area contributed by atoms with E-state index in [1.165, 1.54) is 5.56 Å². The summed E-state index contributed by atoms with van der Waals surface area (Å²) in [6, 6.07) is 10.4. The molecule has 0 aromatic heterocycles. The Labute approximate surface area is 115 Å². The summed E-state index contributed by atoms with van der Waals surface area (Å²) in [4.78, 5) is 2.06. The summed E-state index contributed by atoms with van der Waals surface area (Å²) < 4.78 is 5.40. The molecule has 1 saturated heterocycles. The molecule has 19 heavy (non-hydrogen) atoms. The third-order valence-corrected chi connectivity index (χ3v) is 3.76. The van der Waals surface area contributed by atoms with E-state index < -0.39 is 5.85 Å². The average Bonchev–Trinajstić information content (AvgIpc) is 2.76. The Balaban J connectivity index is 2.03. The second kappa shape index (κ2) is 6.01. The molecule has 2 atom stereocenters. The van der Waals surface area contributed by atoms with E-state index in [2.05, 4.69) is 36.2 Å². The fourth-order valence-corrected chi connectivity index (χ4v) is 2.68. The van der Waals surface area contributed by atoms with E-state index in [0.29, 0.717) is 13.0 Å². The number of nitrogens with zero attached hydrogens (tertiary/aromatic N) is 1. The molecule has 0 amide bonds. The zero-order valence-electron chi connectivity index (χ0n) is 12.0. The first-order valence-electron chi connectivity index (χ1n) is 6.86. The van der Waals surface area contributed by atoms with Crippen molar-refractivity contribution in [1.29, 1.82) is 0 Å². The lowest BCUT2D eigenvalue weighted by Crippen LogP contribution is -2.57. The van der Waals surface area contributed by atoms with Crippen molar-refractivity contribution < 1.29 is 9.84 Å². The normalized spacial score (nSPS) is 28.2. The molecule has 106 valence electrons. The number of ether oxygens (including phenoxy) is 1. The highest BCUT2D eigenvalue weighted by Crippen LogP contribution is 2.28. The number of hydrogen-bond acceptors (Lipinski definition) is 4. The standard InChI is InChI=1S/C15H24N2O2/c1-12(2)17-11-14(19-3)9-15(17,18)16-10-13-7-5-4-6-8-13/h4-8,12,14,16,18H,9-11H2,1-3H3. The van der Waals surface area contributed by atoms with E-state index in [0.717, 1.165) is 6.54 Å². The molecule has 0 spiro atoms. The van der Waals surface area contributed by atoms with Gasteiger partial charge in [0.15, 0.2) is 5.85 Å². The predicted molar refractivity (Wildman–Crippen MR) is 75.5 cm³/mol. The lowest BCUT2D eigenvalue weighted by Gasteiger charge is -2.36. The molecular formula is C15H24N2O2. The molecule has 4 heteroatoms. The molecule has 2 unspecified atom stereocenters. The van der Waals surface area contributed by atoms with E-state index in [1.54, 1.807) is 7.11 Å². The quantitative estimate of drug-likeness (QED) is 0.792. The van der Waals surface area contributed by atoms with Gasteiger partial charge in [-0.3, -0.25) is 10.2 Å². The van der Waals surface area contributed by atoms with Crippen LogP contribution in [0.25, 0.3) is 0 Å². The average molecular weight is 264 g/mol. The van der Waals surface area contributed by atoms with E-state index >= 15 is 0 Å². The van der Waals surface area contributed by atoms with Gasteiger partial charge >= 0.3 is 0 Å². The number of likely N-dealkylation sites (tertiary alicyclic amines) is 1. The van der Waals surface area contributed by atoms with Crippen LogP contribution in [-0.2, 0) is 11.3 Å². The van der Waals surface area contributed by atoms with Gasteiger partial charge in [0.05, 0.1) is 6.10 Å². The summed E-state index contributed by atoms with van der Waals surface area (Å²) in [5.74, 6) is -0.981. The Bertz CT molecular complexity index is 396. The van der Waals surface area contributed by atoms with E-state index in [-0.39, 0.29) is 12.1 Å². The molecule has 1 aliphatic rings. The van der Waals surface area contributed by atoms with Gasteiger partial charge in [0.1, 0.15) is 0 Å². The van der Waals surface area contributed by atoms with Crippen LogP contribution in [0.4, 0.5) is 0 Å². The fourth-order valence-electron chi connectivity index (χ4n) is 2.68. The second-order valence-corrected chi connectivity index (χ2v) is 5.46.